The molecule has 0 saturated heterocycles. The summed E-state index contributed by atoms with van der Waals surface area (Å²) >= 11 is 9.06. The number of thiol groups is 2. The molecular weight excluding hydrogens is 593 g/mol. The van der Waals surface area contributed by atoms with Gasteiger partial charge in [-0.2, -0.15) is 25.3 Å². The van der Waals surface area contributed by atoms with Gasteiger partial charge in [-0.3, -0.25) is 9.59 Å². The normalized spacial score (nSPS) is 13.2. The second-order valence-corrected chi connectivity index (χ2v) is 12.3. The molecule has 0 saturated carbocycles. The van der Waals surface area contributed by atoms with Gasteiger partial charge in [-0.25, -0.2) is 9.97 Å². The van der Waals surface area contributed by atoms with Crippen molar-refractivity contribution in [1.29, 1.82) is 0 Å². The number of rotatable bonds is 10. The van der Waals surface area contributed by atoms with Crippen LogP contribution in [0.3, 0.4) is 0 Å². The van der Waals surface area contributed by atoms with Crippen LogP contribution in [0.1, 0.15) is 84.6 Å². The van der Waals surface area contributed by atoms with E-state index in [9.17, 15) is 19.8 Å². The third kappa shape index (κ3) is 6.23. The molecule has 0 aromatic carbocycles. The number of H-pyrrole nitrogens is 2. The highest BCUT2D eigenvalue weighted by atomic mass is 32.1. The molecule has 5 rings (SSSR count). The standard InChI is InChI=1S/C34H38N4O4S2/c1-17-21(5-7-33(39)40)31-16-32-22(6-8-34(41)42)18(2)27(38-32)14-30-24(10-12-44)20(4)28(37-30)15-29-23(9-11-43)19(3)26(35-29)13-25(17)36-31/h13-16,36,38,43-44H,5-12H2,1-4H3,(H,39,40)(H,41,42). The van der Waals surface area contributed by atoms with Gasteiger partial charge in [-0.05, 0) is 134 Å². The van der Waals surface area contributed by atoms with Crippen LogP contribution in [-0.2, 0) is 22.4 Å². The van der Waals surface area contributed by atoms with E-state index < -0.39 is 11.9 Å². The first-order valence-electron chi connectivity index (χ1n) is 14.8. The van der Waals surface area contributed by atoms with E-state index in [1.807, 2.05) is 32.0 Å². The molecule has 0 atom stereocenters. The average molecular weight is 631 g/mol. The molecule has 0 fully saturated rings. The van der Waals surface area contributed by atoms with E-state index in [-0.39, 0.29) is 12.8 Å². The molecule has 230 valence electrons. The first kappa shape index (κ1) is 31.7. The molecule has 44 heavy (non-hydrogen) atoms. The van der Waals surface area contributed by atoms with Gasteiger partial charge in [0.2, 0.25) is 0 Å². The van der Waals surface area contributed by atoms with E-state index in [4.69, 9.17) is 9.97 Å². The van der Waals surface area contributed by atoms with Crippen LogP contribution in [0, 0.1) is 13.8 Å². The molecular formula is C34H38N4O4S2. The third-order valence-electron chi connectivity index (χ3n) is 8.70. The quantitative estimate of drug-likeness (QED) is 0.129. The van der Waals surface area contributed by atoms with Crippen molar-refractivity contribution < 1.29 is 19.8 Å². The summed E-state index contributed by atoms with van der Waals surface area (Å²) in [6.45, 7) is 8.16. The number of carboxylic acids is 2. The van der Waals surface area contributed by atoms with Crippen LogP contribution in [0.2, 0.25) is 0 Å². The maximum absolute atomic E-state index is 11.6. The van der Waals surface area contributed by atoms with Crippen LogP contribution in [-0.4, -0.2) is 53.6 Å². The first-order valence-corrected chi connectivity index (χ1v) is 16.1. The Morgan fingerprint density at radius 1 is 0.614 bits per heavy atom. The summed E-state index contributed by atoms with van der Waals surface area (Å²) in [6.07, 6.45) is 2.20. The lowest BCUT2D eigenvalue weighted by Crippen LogP contribution is -1.98. The summed E-state index contributed by atoms with van der Waals surface area (Å²) in [4.78, 5) is 40.4. The number of aliphatic carboxylic acids is 2. The number of nitrogens with one attached hydrogen (secondary N) is 2. The molecule has 8 bridgehead atoms. The Kier molecular flexibility index (Phi) is 9.41. The lowest BCUT2D eigenvalue weighted by Gasteiger charge is -2.03. The lowest BCUT2D eigenvalue weighted by atomic mass is 10.0. The summed E-state index contributed by atoms with van der Waals surface area (Å²) < 4.78 is 0. The molecule has 0 spiro atoms. The van der Waals surface area contributed by atoms with E-state index in [1.165, 1.54) is 0 Å². The molecule has 0 unspecified atom stereocenters. The Bertz CT molecular complexity index is 1900. The highest BCUT2D eigenvalue weighted by Gasteiger charge is 2.21. The van der Waals surface area contributed by atoms with Gasteiger partial charge in [0.25, 0.3) is 0 Å². The third-order valence-corrected chi connectivity index (χ3v) is 9.15. The predicted molar refractivity (Wildman–Crippen MR) is 184 cm³/mol. The fraction of sp³-hybridized carbons (Fsp3) is 0.353. The van der Waals surface area contributed by atoms with Gasteiger partial charge in [0, 0.05) is 34.9 Å². The number of nitrogens with zero attached hydrogens (tertiary/aromatic N) is 2. The van der Waals surface area contributed by atoms with Gasteiger partial charge in [0.1, 0.15) is 0 Å². The zero-order valence-electron chi connectivity index (χ0n) is 25.5. The maximum atomic E-state index is 11.6. The van der Waals surface area contributed by atoms with Crippen molar-refractivity contribution in [2.24, 2.45) is 0 Å². The monoisotopic (exact) mass is 630 g/mol. The highest BCUT2D eigenvalue weighted by Crippen LogP contribution is 2.37. The van der Waals surface area contributed by atoms with Crippen molar-refractivity contribution in [2.45, 2.75) is 66.2 Å². The van der Waals surface area contributed by atoms with Crippen LogP contribution < -0.4 is 0 Å². The number of aromatic amines is 2. The zero-order chi connectivity index (χ0) is 31.7. The molecule has 3 aromatic heterocycles. The Labute approximate surface area is 267 Å². The number of aromatic nitrogens is 4. The van der Waals surface area contributed by atoms with E-state index in [2.05, 4.69) is 55.1 Å². The SMILES string of the molecule is CC1=C(CCS)c2cc3nc(cc4[nH]c(cc5[nH]c(cc1n2)c(C)c5CCC(=O)O)c(CCC(=O)O)c4C)C(CCS)=C3C. The van der Waals surface area contributed by atoms with Gasteiger partial charge in [-0.15, -0.1) is 0 Å². The minimum Gasteiger partial charge on any atom is -0.481 e. The van der Waals surface area contributed by atoms with Crippen LogP contribution in [0.25, 0.3) is 44.4 Å². The lowest BCUT2D eigenvalue weighted by molar-refractivity contribution is -0.138. The van der Waals surface area contributed by atoms with Crippen molar-refractivity contribution in [3.8, 4) is 0 Å². The van der Waals surface area contributed by atoms with Crippen LogP contribution in [0.4, 0.5) is 0 Å². The van der Waals surface area contributed by atoms with Crippen LogP contribution >= 0.6 is 25.3 Å². The van der Waals surface area contributed by atoms with Gasteiger partial charge in [0.05, 0.1) is 22.8 Å². The summed E-state index contributed by atoms with van der Waals surface area (Å²) in [6, 6.07) is 8.12. The van der Waals surface area contributed by atoms with Crippen molar-refractivity contribution in [1.82, 2.24) is 19.9 Å². The topological polar surface area (TPSA) is 132 Å². The molecule has 2 aliphatic heterocycles. The Hall–Kier alpha value is -3.76. The van der Waals surface area contributed by atoms with Crippen LogP contribution in [0.5, 0.6) is 0 Å². The molecule has 8 nitrogen and oxygen atoms in total. The van der Waals surface area contributed by atoms with Gasteiger partial charge in [0.15, 0.2) is 0 Å². The summed E-state index contributed by atoms with van der Waals surface area (Å²) in [5.41, 5.74) is 14.9. The molecule has 10 heteroatoms. The van der Waals surface area contributed by atoms with Crippen molar-refractivity contribution in [3.05, 3.63) is 69.3 Å². The molecule has 0 radical (unpaired) electrons. The first-order chi connectivity index (χ1) is 21.0. The predicted octanol–water partition coefficient (Wildman–Crippen LogP) is 7.47. The maximum Gasteiger partial charge on any atom is 0.303 e. The number of allylic oxidation sites excluding steroid dienone is 4. The Balaban J connectivity index is 1.93. The Morgan fingerprint density at radius 2 is 1.02 bits per heavy atom. The second-order valence-electron chi connectivity index (χ2n) is 11.4. The number of carboxylic acid groups (broad SMARTS) is 2. The van der Waals surface area contributed by atoms with Crippen molar-refractivity contribution >= 4 is 81.6 Å². The molecule has 3 aromatic rings. The van der Waals surface area contributed by atoms with E-state index in [0.717, 1.165) is 102 Å². The number of fused-ring (bicyclic) bond motifs is 8. The van der Waals surface area contributed by atoms with Crippen molar-refractivity contribution in [3.63, 3.8) is 0 Å². The van der Waals surface area contributed by atoms with Crippen molar-refractivity contribution in [2.75, 3.05) is 11.5 Å². The molecule has 0 aliphatic carbocycles. The van der Waals surface area contributed by atoms with E-state index >= 15 is 0 Å². The van der Waals surface area contributed by atoms with E-state index in [1.54, 1.807) is 0 Å². The molecule has 2 aliphatic rings. The minimum absolute atomic E-state index is 0.00940. The smallest absolute Gasteiger partial charge is 0.303 e. The summed E-state index contributed by atoms with van der Waals surface area (Å²) in [5, 5.41) is 19.0. The van der Waals surface area contributed by atoms with Gasteiger partial charge in [-0.1, -0.05) is 0 Å². The summed E-state index contributed by atoms with van der Waals surface area (Å²) in [7, 11) is 0. The number of hydrogen-bond acceptors (Lipinski definition) is 6. The van der Waals surface area contributed by atoms with E-state index in [0.29, 0.717) is 24.3 Å². The number of aryl methyl sites for hydroxylation is 4. The minimum atomic E-state index is -0.867. The second kappa shape index (κ2) is 13.1. The summed E-state index contributed by atoms with van der Waals surface area (Å²) in [5.74, 6) is -0.379. The van der Waals surface area contributed by atoms with Crippen LogP contribution in [0.15, 0.2) is 24.3 Å². The Morgan fingerprint density at radius 3 is 1.45 bits per heavy atom. The highest BCUT2D eigenvalue weighted by molar-refractivity contribution is 7.80. The molecule has 0 amide bonds. The number of hydrogen-bond donors (Lipinski definition) is 6. The molecule has 4 N–H and O–H groups in total. The zero-order valence-corrected chi connectivity index (χ0v) is 27.3. The fourth-order valence-corrected chi connectivity index (χ4v) is 6.63. The van der Waals surface area contributed by atoms with Gasteiger partial charge >= 0.3 is 11.9 Å². The number of carbonyl (C=O) groups is 2. The van der Waals surface area contributed by atoms with Gasteiger partial charge < -0.3 is 20.2 Å². The fourth-order valence-electron chi connectivity index (χ4n) is 6.18. The molecule has 5 heterocycles. The largest absolute Gasteiger partial charge is 0.481 e. The average Bonchev–Trinajstić information content (AvgIpc) is 3.62.